The molecule has 4 rings (SSSR count). The van der Waals surface area contributed by atoms with Gasteiger partial charge in [-0.15, -0.1) is 0 Å². The Morgan fingerprint density at radius 2 is 1.29 bits per heavy atom. The Hall–Kier alpha value is -2.87. The van der Waals surface area contributed by atoms with Gasteiger partial charge >= 0.3 is 0 Å². The van der Waals surface area contributed by atoms with Crippen molar-refractivity contribution in [2.24, 2.45) is 4.99 Å². The third-order valence-electron chi connectivity index (χ3n) is 3.64. The van der Waals surface area contributed by atoms with Gasteiger partial charge in [0, 0.05) is 16.8 Å². The molecule has 0 saturated carbocycles. The molecular formula is C19H14N2. The lowest BCUT2D eigenvalue weighted by atomic mass is 10.0. The zero-order valence-corrected chi connectivity index (χ0v) is 11.5. The molecule has 0 radical (unpaired) electrons. The summed E-state index contributed by atoms with van der Waals surface area (Å²) < 4.78 is 0. The van der Waals surface area contributed by atoms with Gasteiger partial charge in [-0.3, -0.25) is 0 Å². The topological polar surface area (TPSA) is 24.4 Å². The fourth-order valence-electron chi connectivity index (χ4n) is 2.62. The SMILES string of the molecule is c1ccc(C2=Nc3ccccc3Nc3ccccc32)cc1. The monoisotopic (exact) mass is 270 g/mol. The molecule has 0 amide bonds. The lowest BCUT2D eigenvalue weighted by Gasteiger charge is -2.10. The first-order valence-electron chi connectivity index (χ1n) is 7.01. The van der Waals surface area contributed by atoms with E-state index >= 15 is 0 Å². The number of aliphatic imine (C=N–C) groups is 1. The number of fused-ring (bicyclic) bond motifs is 2. The van der Waals surface area contributed by atoms with Crippen molar-refractivity contribution in [3.63, 3.8) is 0 Å². The van der Waals surface area contributed by atoms with Crippen LogP contribution in [0.25, 0.3) is 0 Å². The van der Waals surface area contributed by atoms with E-state index in [1.807, 2.05) is 42.5 Å². The number of benzene rings is 3. The summed E-state index contributed by atoms with van der Waals surface area (Å²) in [5.41, 5.74) is 6.35. The van der Waals surface area contributed by atoms with Crippen LogP contribution in [0.5, 0.6) is 0 Å². The summed E-state index contributed by atoms with van der Waals surface area (Å²) >= 11 is 0. The Bertz CT molecular complexity index is 820. The van der Waals surface area contributed by atoms with Crippen LogP contribution in [0, 0.1) is 0 Å². The summed E-state index contributed by atoms with van der Waals surface area (Å²) in [5, 5.41) is 3.49. The maximum Gasteiger partial charge on any atom is 0.0872 e. The molecule has 1 heterocycles. The van der Waals surface area contributed by atoms with Gasteiger partial charge in [-0.1, -0.05) is 60.7 Å². The number of para-hydroxylation sites is 3. The Morgan fingerprint density at radius 3 is 2.14 bits per heavy atom. The summed E-state index contributed by atoms with van der Waals surface area (Å²) in [7, 11) is 0. The lowest BCUT2D eigenvalue weighted by Crippen LogP contribution is -2.04. The van der Waals surface area contributed by atoms with Gasteiger partial charge in [0.1, 0.15) is 0 Å². The van der Waals surface area contributed by atoms with Gasteiger partial charge in [0.25, 0.3) is 0 Å². The van der Waals surface area contributed by atoms with E-state index in [4.69, 9.17) is 4.99 Å². The molecule has 3 aromatic carbocycles. The molecule has 100 valence electrons. The van der Waals surface area contributed by atoms with Gasteiger partial charge in [0.05, 0.1) is 17.1 Å². The standard InChI is InChI=1S/C19H14N2/c1-2-8-14(9-3-1)19-15-10-4-5-11-16(15)20-17-12-6-7-13-18(17)21-19/h1-13,20H. The molecule has 21 heavy (non-hydrogen) atoms. The first kappa shape index (κ1) is 11.9. The highest BCUT2D eigenvalue weighted by atomic mass is 14.9. The van der Waals surface area contributed by atoms with Crippen molar-refractivity contribution >= 4 is 22.8 Å². The smallest absolute Gasteiger partial charge is 0.0872 e. The normalized spacial score (nSPS) is 12.5. The molecule has 0 spiro atoms. The van der Waals surface area contributed by atoms with Crippen LogP contribution in [0.1, 0.15) is 11.1 Å². The van der Waals surface area contributed by atoms with Gasteiger partial charge in [0.15, 0.2) is 0 Å². The van der Waals surface area contributed by atoms with E-state index in [2.05, 4.69) is 41.7 Å². The van der Waals surface area contributed by atoms with Crippen molar-refractivity contribution in [3.8, 4) is 0 Å². The van der Waals surface area contributed by atoms with Crippen LogP contribution < -0.4 is 5.32 Å². The van der Waals surface area contributed by atoms with Crippen molar-refractivity contribution in [2.75, 3.05) is 5.32 Å². The highest BCUT2D eigenvalue weighted by Gasteiger charge is 2.16. The summed E-state index contributed by atoms with van der Waals surface area (Å²) in [6.45, 7) is 0. The number of nitrogens with zero attached hydrogens (tertiary/aromatic N) is 1. The molecule has 1 aliphatic heterocycles. The minimum absolute atomic E-state index is 0.965. The van der Waals surface area contributed by atoms with Crippen molar-refractivity contribution in [1.82, 2.24) is 0 Å². The van der Waals surface area contributed by atoms with E-state index in [0.29, 0.717) is 0 Å². The average Bonchev–Trinajstić information content (AvgIpc) is 2.72. The lowest BCUT2D eigenvalue weighted by molar-refractivity contribution is 1.50. The number of rotatable bonds is 1. The highest BCUT2D eigenvalue weighted by molar-refractivity contribution is 6.18. The third kappa shape index (κ3) is 2.11. The molecule has 0 unspecified atom stereocenters. The minimum Gasteiger partial charge on any atom is -0.353 e. The van der Waals surface area contributed by atoms with E-state index in [0.717, 1.165) is 33.9 Å². The van der Waals surface area contributed by atoms with Crippen LogP contribution in [0.15, 0.2) is 83.9 Å². The maximum atomic E-state index is 4.90. The summed E-state index contributed by atoms with van der Waals surface area (Å²) in [4.78, 5) is 4.90. The third-order valence-corrected chi connectivity index (χ3v) is 3.64. The van der Waals surface area contributed by atoms with Gasteiger partial charge in [0.2, 0.25) is 0 Å². The van der Waals surface area contributed by atoms with Gasteiger partial charge < -0.3 is 5.32 Å². The number of hydrogen-bond donors (Lipinski definition) is 1. The number of nitrogens with one attached hydrogen (secondary N) is 1. The Labute approximate surface area is 123 Å². The van der Waals surface area contributed by atoms with Crippen molar-refractivity contribution in [2.45, 2.75) is 0 Å². The van der Waals surface area contributed by atoms with Crippen molar-refractivity contribution in [1.29, 1.82) is 0 Å². The van der Waals surface area contributed by atoms with Gasteiger partial charge in [-0.2, -0.15) is 0 Å². The molecule has 0 atom stereocenters. The van der Waals surface area contributed by atoms with Gasteiger partial charge in [-0.25, -0.2) is 4.99 Å². The molecule has 2 nitrogen and oxygen atoms in total. The second-order valence-electron chi connectivity index (χ2n) is 5.01. The molecule has 0 saturated heterocycles. The Balaban J connectivity index is 2.00. The van der Waals surface area contributed by atoms with Crippen LogP contribution in [-0.4, -0.2) is 5.71 Å². The predicted octanol–water partition coefficient (Wildman–Crippen LogP) is 4.91. The molecule has 0 aliphatic carbocycles. The van der Waals surface area contributed by atoms with E-state index < -0.39 is 0 Å². The maximum absolute atomic E-state index is 4.90. The highest BCUT2D eigenvalue weighted by Crippen LogP contribution is 2.35. The molecule has 1 N–H and O–H groups in total. The second kappa shape index (κ2) is 4.91. The Morgan fingerprint density at radius 1 is 0.619 bits per heavy atom. The zero-order valence-electron chi connectivity index (χ0n) is 11.5. The second-order valence-corrected chi connectivity index (χ2v) is 5.01. The van der Waals surface area contributed by atoms with Crippen molar-refractivity contribution < 1.29 is 0 Å². The molecular weight excluding hydrogens is 256 g/mol. The van der Waals surface area contributed by atoms with Crippen LogP contribution in [0.3, 0.4) is 0 Å². The fraction of sp³-hybridized carbons (Fsp3) is 0. The molecule has 0 fully saturated rings. The largest absolute Gasteiger partial charge is 0.353 e. The molecule has 0 bridgehead atoms. The minimum atomic E-state index is 0.965. The fourth-order valence-corrected chi connectivity index (χ4v) is 2.62. The average molecular weight is 270 g/mol. The van der Waals surface area contributed by atoms with Gasteiger partial charge in [-0.05, 0) is 18.2 Å². The van der Waals surface area contributed by atoms with Crippen LogP contribution >= 0.6 is 0 Å². The predicted molar refractivity (Wildman–Crippen MR) is 87.9 cm³/mol. The molecule has 1 aliphatic rings. The molecule has 2 heteroatoms. The summed E-state index contributed by atoms with van der Waals surface area (Å²) in [6.07, 6.45) is 0. The molecule has 0 aromatic heterocycles. The quantitative estimate of drug-likeness (QED) is 0.522. The number of anilines is 2. The van der Waals surface area contributed by atoms with Crippen LogP contribution in [0.2, 0.25) is 0 Å². The van der Waals surface area contributed by atoms with E-state index in [9.17, 15) is 0 Å². The number of hydrogen-bond acceptors (Lipinski definition) is 2. The first-order valence-corrected chi connectivity index (χ1v) is 7.01. The van der Waals surface area contributed by atoms with Crippen LogP contribution in [0.4, 0.5) is 17.1 Å². The zero-order chi connectivity index (χ0) is 14.1. The van der Waals surface area contributed by atoms with E-state index in [-0.39, 0.29) is 0 Å². The summed E-state index contributed by atoms with van der Waals surface area (Å²) in [5.74, 6) is 0. The molecule has 3 aromatic rings. The van der Waals surface area contributed by atoms with Crippen LogP contribution in [-0.2, 0) is 0 Å². The Kier molecular flexibility index (Phi) is 2.79. The van der Waals surface area contributed by atoms with E-state index in [1.165, 1.54) is 0 Å². The summed E-state index contributed by atoms with van der Waals surface area (Å²) in [6, 6.07) is 26.8. The first-order chi connectivity index (χ1) is 10.4. The van der Waals surface area contributed by atoms with Crippen molar-refractivity contribution in [3.05, 3.63) is 90.0 Å². The van der Waals surface area contributed by atoms with E-state index in [1.54, 1.807) is 0 Å².